The molecule has 19 heavy (non-hydrogen) atoms. The molecule has 0 aromatic heterocycles. The van der Waals surface area contributed by atoms with Gasteiger partial charge in [0.05, 0.1) is 0 Å². The molecule has 1 aromatic carbocycles. The van der Waals surface area contributed by atoms with Crippen LogP contribution in [0.2, 0.25) is 0 Å². The molecule has 0 saturated heterocycles. The zero-order chi connectivity index (χ0) is 14.1. The van der Waals surface area contributed by atoms with Gasteiger partial charge in [0.2, 0.25) is 0 Å². The topological polar surface area (TPSA) is 0 Å². The molecule has 106 valence electrons. The van der Waals surface area contributed by atoms with Gasteiger partial charge in [0, 0.05) is 0 Å². The molecule has 0 atom stereocenters. The first kappa shape index (κ1) is 14.6. The molecule has 0 heteroatoms. The summed E-state index contributed by atoms with van der Waals surface area (Å²) in [7, 11) is 0. The minimum atomic E-state index is 0.397. The highest BCUT2D eigenvalue weighted by atomic mass is 14.5. The SMILES string of the molecule is CC(C)C1(C(C)C)CCC(C)(c2ccccc2)CC1. The van der Waals surface area contributed by atoms with E-state index in [0.717, 1.165) is 11.8 Å². The van der Waals surface area contributed by atoms with Crippen LogP contribution in [0.15, 0.2) is 30.3 Å². The normalized spacial score (nSPS) is 21.8. The summed E-state index contributed by atoms with van der Waals surface area (Å²) >= 11 is 0. The lowest BCUT2D eigenvalue weighted by Gasteiger charge is -2.50. The Morgan fingerprint density at radius 2 is 1.26 bits per heavy atom. The van der Waals surface area contributed by atoms with E-state index in [2.05, 4.69) is 65.0 Å². The second-order valence-corrected chi connectivity index (χ2v) is 7.47. The van der Waals surface area contributed by atoms with Gasteiger partial charge in [-0.2, -0.15) is 0 Å². The number of rotatable bonds is 3. The minimum absolute atomic E-state index is 0.397. The van der Waals surface area contributed by atoms with E-state index >= 15 is 0 Å². The Kier molecular flexibility index (Phi) is 4.08. The lowest BCUT2D eigenvalue weighted by molar-refractivity contribution is 0.0318. The quantitative estimate of drug-likeness (QED) is 0.641. The van der Waals surface area contributed by atoms with Gasteiger partial charge in [-0.25, -0.2) is 0 Å². The molecule has 0 heterocycles. The first-order valence-corrected chi connectivity index (χ1v) is 7.96. The van der Waals surface area contributed by atoms with Crippen molar-refractivity contribution >= 4 is 0 Å². The van der Waals surface area contributed by atoms with E-state index in [-0.39, 0.29) is 0 Å². The fourth-order valence-electron chi connectivity index (χ4n) is 4.22. The molecule has 1 aromatic rings. The highest BCUT2D eigenvalue weighted by molar-refractivity contribution is 5.25. The predicted molar refractivity (Wildman–Crippen MR) is 84.4 cm³/mol. The average molecular weight is 258 g/mol. The molecule has 1 fully saturated rings. The molecule has 0 aliphatic heterocycles. The fourth-order valence-corrected chi connectivity index (χ4v) is 4.22. The van der Waals surface area contributed by atoms with Crippen molar-refractivity contribution in [2.75, 3.05) is 0 Å². The Labute approximate surface area is 119 Å². The molecule has 0 N–H and O–H groups in total. The van der Waals surface area contributed by atoms with E-state index in [1.165, 1.54) is 31.2 Å². The maximum absolute atomic E-state index is 2.47. The summed E-state index contributed by atoms with van der Waals surface area (Å²) in [6.07, 6.45) is 5.45. The molecule has 1 aliphatic rings. The van der Waals surface area contributed by atoms with Gasteiger partial charge in [-0.3, -0.25) is 0 Å². The Morgan fingerprint density at radius 1 is 0.789 bits per heavy atom. The summed E-state index contributed by atoms with van der Waals surface area (Å²) in [5.41, 5.74) is 2.50. The Morgan fingerprint density at radius 3 is 1.68 bits per heavy atom. The molecule has 0 nitrogen and oxygen atoms in total. The van der Waals surface area contributed by atoms with E-state index in [9.17, 15) is 0 Å². The Bertz CT molecular complexity index is 381. The maximum Gasteiger partial charge on any atom is -0.00748 e. The molecule has 0 unspecified atom stereocenters. The third kappa shape index (κ3) is 2.59. The first-order valence-electron chi connectivity index (χ1n) is 7.96. The highest BCUT2D eigenvalue weighted by Gasteiger charge is 2.44. The van der Waals surface area contributed by atoms with E-state index in [1.807, 2.05) is 0 Å². The summed E-state index contributed by atoms with van der Waals surface area (Å²) in [4.78, 5) is 0. The van der Waals surface area contributed by atoms with Gasteiger partial charge in [-0.15, -0.1) is 0 Å². The predicted octanol–water partition coefficient (Wildman–Crippen LogP) is 5.82. The zero-order valence-corrected chi connectivity index (χ0v) is 13.4. The van der Waals surface area contributed by atoms with Gasteiger partial charge in [0.25, 0.3) is 0 Å². The molecule has 0 bridgehead atoms. The highest BCUT2D eigenvalue weighted by Crippen LogP contribution is 2.53. The van der Waals surface area contributed by atoms with Crippen molar-refractivity contribution in [2.45, 2.75) is 65.7 Å². The first-order chi connectivity index (χ1) is 8.91. The van der Waals surface area contributed by atoms with E-state index in [4.69, 9.17) is 0 Å². The van der Waals surface area contributed by atoms with Gasteiger partial charge in [-0.05, 0) is 53.9 Å². The van der Waals surface area contributed by atoms with E-state index in [1.54, 1.807) is 0 Å². The van der Waals surface area contributed by atoms with Crippen LogP contribution in [0, 0.1) is 17.3 Å². The summed E-state index contributed by atoms with van der Waals surface area (Å²) in [5.74, 6) is 1.60. The largest absolute Gasteiger partial charge is 0.0622 e. The van der Waals surface area contributed by atoms with E-state index < -0.39 is 0 Å². The molecule has 2 rings (SSSR count). The molecular formula is C19H30. The molecular weight excluding hydrogens is 228 g/mol. The van der Waals surface area contributed by atoms with Crippen molar-refractivity contribution in [3.8, 4) is 0 Å². The molecule has 0 spiro atoms. The molecule has 0 amide bonds. The molecule has 1 aliphatic carbocycles. The maximum atomic E-state index is 2.47. The summed E-state index contributed by atoms with van der Waals surface area (Å²) < 4.78 is 0. The van der Waals surface area contributed by atoms with Crippen molar-refractivity contribution in [3.05, 3.63) is 35.9 Å². The van der Waals surface area contributed by atoms with Crippen LogP contribution >= 0.6 is 0 Å². The standard InChI is InChI=1S/C19H30/c1-15(2)19(16(3)4)13-11-18(5,12-14-19)17-9-7-6-8-10-17/h6-10,15-16H,11-14H2,1-5H3. The zero-order valence-electron chi connectivity index (χ0n) is 13.4. The molecule has 0 radical (unpaired) electrons. The van der Waals surface area contributed by atoms with Crippen LogP contribution in [0.4, 0.5) is 0 Å². The molecule has 1 saturated carbocycles. The second-order valence-electron chi connectivity index (χ2n) is 7.47. The summed E-state index contributed by atoms with van der Waals surface area (Å²) in [6.45, 7) is 12.2. The van der Waals surface area contributed by atoms with Crippen molar-refractivity contribution in [2.24, 2.45) is 17.3 Å². The van der Waals surface area contributed by atoms with Crippen molar-refractivity contribution < 1.29 is 0 Å². The number of hydrogen-bond acceptors (Lipinski definition) is 0. The van der Waals surface area contributed by atoms with Crippen LogP contribution in [0.25, 0.3) is 0 Å². The van der Waals surface area contributed by atoms with Crippen LogP contribution in [0.3, 0.4) is 0 Å². The minimum Gasteiger partial charge on any atom is -0.0622 e. The van der Waals surface area contributed by atoms with Crippen LogP contribution in [0.1, 0.15) is 65.9 Å². The van der Waals surface area contributed by atoms with Gasteiger partial charge < -0.3 is 0 Å². The van der Waals surface area contributed by atoms with Crippen molar-refractivity contribution in [3.63, 3.8) is 0 Å². The van der Waals surface area contributed by atoms with Gasteiger partial charge in [0.15, 0.2) is 0 Å². The second kappa shape index (κ2) is 5.31. The van der Waals surface area contributed by atoms with E-state index in [0.29, 0.717) is 10.8 Å². The average Bonchev–Trinajstić information content (AvgIpc) is 2.40. The number of benzene rings is 1. The van der Waals surface area contributed by atoms with Gasteiger partial charge >= 0.3 is 0 Å². The van der Waals surface area contributed by atoms with Gasteiger partial charge in [-0.1, -0.05) is 65.0 Å². The fraction of sp³-hybridized carbons (Fsp3) is 0.684. The van der Waals surface area contributed by atoms with Crippen molar-refractivity contribution in [1.82, 2.24) is 0 Å². The summed E-state index contributed by atoms with van der Waals surface area (Å²) in [5, 5.41) is 0. The van der Waals surface area contributed by atoms with Gasteiger partial charge in [0.1, 0.15) is 0 Å². The van der Waals surface area contributed by atoms with Crippen LogP contribution < -0.4 is 0 Å². The monoisotopic (exact) mass is 258 g/mol. The number of hydrogen-bond donors (Lipinski definition) is 0. The lowest BCUT2D eigenvalue weighted by atomic mass is 9.55. The third-order valence-electron chi connectivity index (χ3n) is 6.05. The van der Waals surface area contributed by atoms with Crippen LogP contribution in [-0.2, 0) is 5.41 Å². The summed E-state index contributed by atoms with van der Waals surface area (Å²) in [6, 6.07) is 11.1. The Hall–Kier alpha value is -0.780. The lowest BCUT2D eigenvalue weighted by Crippen LogP contribution is -2.41. The van der Waals surface area contributed by atoms with Crippen LogP contribution in [0.5, 0.6) is 0 Å². The van der Waals surface area contributed by atoms with Crippen molar-refractivity contribution in [1.29, 1.82) is 0 Å². The smallest absolute Gasteiger partial charge is 0.00748 e. The van der Waals surface area contributed by atoms with Crippen LogP contribution in [-0.4, -0.2) is 0 Å². The third-order valence-corrected chi connectivity index (χ3v) is 6.05. The Balaban J connectivity index is 2.18.